The summed E-state index contributed by atoms with van der Waals surface area (Å²) in [4.78, 5) is 22.7. The van der Waals surface area contributed by atoms with Gasteiger partial charge in [0.25, 0.3) is 0 Å². The van der Waals surface area contributed by atoms with Gasteiger partial charge >= 0.3 is 0 Å². The fourth-order valence-electron chi connectivity index (χ4n) is 1.91. The smallest absolute Gasteiger partial charge is 0.226 e. The maximum Gasteiger partial charge on any atom is 0.226 e. The van der Waals surface area contributed by atoms with Crippen molar-refractivity contribution in [2.75, 3.05) is 19.0 Å². The number of aromatic nitrogens is 2. The molecule has 0 unspecified atom stereocenters. The highest BCUT2D eigenvalue weighted by atomic mass is 32.1. The molecule has 0 aromatic carbocycles. The van der Waals surface area contributed by atoms with Gasteiger partial charge in [-0.15, -0.1) is 11.3 Å². The van der Waals surface area contributed by atoms with Gasteiger partial charge < -0.3 is 10.2 Å². The van der Waals surface area contributed by atoms with Crippen LogP contribution in [0.15, 0.2) is 23.7 Å². The van der Waals surface area contributed by atoms with Crippen molar-refractivity contribution < 1.29 is 4.79 Å². The van der Waals surface area contributed by atoms with Gasteiger partial charge in [0.2, 0.25) is 5.91 Å². The molecule has 0 aliphatic rings. The van der Waals surface area contributed by atoms with E-state index >= 15 is 0 Å². The molecule has 2 rings (SSSR count). The minimum Gasteiger partial charge on any atom is -0.363 e. The molecule has 1 amide bonds. The van der Waals surface area contributed by atoms with Crippen LogP contribution in [-0.2, 0) is 17.8 Å². The van der Waals surface area contributed by atoms with Crippen molar-refractivity contribution in [2.45, 2.75) is 32.7 Å². The van der Waals surface area contributed by atoms with Crippen LogP contribution in [0.2, 0.25) is 0 Å². The quantitative estimate of drug-likeness (QED) is 0.889. The summed E-state index contributed by atoms with van der Waals surface area (Å²) in [7, 11) is 3.89. The third kappa shape index (κ3) is 4.53. The lowest BCUT2D eigenvalue weighted by Gasteiger charge is -2.12. The van der Waals surface area contributed by atoms with E-state index in [0.29, 0.717) is 18.9 Å². The third-order valence-corrected chi connectivity index (χ3v) is 4.36. The van der Waals surface area contributed by atoms with Gasteiger partial charge in [-0.3, -0.25) is 4.79 Å². The van der Waals surface area contributed by atoms with E-state index in [1.165, 1.54) is 0 Å². The fraction of sp³-hybridized carbons (Fsp3) is 0.438. The number of thiazole rings is 1. The van der Waals surface area contributed by atoms with Gasteiger partial charge in [-0.1, -0.05) is 13.8 Å². The van der Waals surface area contributed by atoms with Gasteiger partial charge in [0.1, 0.15) is 5.82 Å². The maximum absolute atomic E-state index is 12.0. The van der Waals surface area contributed by atoms with Crippen molar-refractivity contribution in [3.05, 3.63) is 40.0 Å². The van der Waals surface area contributed by atoms with E-state index in [1.807, 2.05) is 36.5 Å². The number of hydrogen-bond donors (Lipinski definition) is 1. The Balaban J connectivity index is 1.88. The molecule has 6 heteroatoms. The van der Waals surface area contributed by atoms with E-state index in [1.54, 1.807) is 17.5 Å². The molecule has 0 aliphatic carbocycles. The lowest BCUT2D eigenvalue weighted by molar-refractivity contribution is -0.120. The van der Waals surface area contributed by atoms with Crippen molar-refractivity contribution in [1.82, 2.24) is 15.3 Å². The average molecular weight is 318 g/mol. The SMILES string of the molecule is CC(C)c1nc(CC(=O)NCc2ccnc(N(C)C)c2)cs1. The standard InChI is InChI=1S/C16H22N4OS/c1-11(2)16-19-13(10-22-16)8-15(21)18-9-12-5-6-17-14(7-12)20(3)4/h5-7,10-11H,8-9H2,1-4H3,(H,18,21). The zero-order valence-electron chi connectivity index (χ0n) is 13.5. The minimum absolute atomic E-state index is 0.0104. The van der Waals surface area contributed by atoms with E-state index in [-0.39, 0.29) is 5.91 Å². The first-order chi connectivity index (χ1) is 10.5. The second-order valence-electron chi connectivity index (χ2n) is 5.70. The van der Waals surface area contributed by atoms with E-state index in [2.05, 4.69) is 29.1 Å². The predicted molar refractivity (Wildman–Crippen MR) is 90.3 cm³/mol. The molecule has 0 aliphatic heterocycles. The van der Waals surface area contributed by atoms with Gasteiger partial charge in [0, 0.05) is 38.1 Å². The number of pyridine rings is 1. The summed E-state index contributed by atoms with van der Waals surface area (Å²) in [5.74, 6) is 1.28. The molecular formula is C16H22N4OS. The summed E-state index contributed by atoms with van der Waals surface area (Å²) in [5.41, 5.74) is 1.88. The lowest BCUT2D eigenvalue weighted by Crippen LogP contribution is -2.25. The maximum atomic E-state index is 12.0. The number of rotatable bonds is 6. The largest absolute Gasteiger partial charge is 0.363 e. The number of carbonyl (C=O) groups excluding carboxylic acids is 1. The Morgan fingerprint density at radius 1 is 1.41 bits per heavy atom. The molecular weight excluding hydrogens is 296 g/mol. The molecule has 5 nitrogen and oxygen atoms in total. The first-order valence-corrected chi connectivity index (χ1v) is 8.17. The van der Waals surface area contributed by atoms with Crippen LogP contribution in [0.3, 0.4) is 0 Å². The van der Waals surface area contributed by atoms with E-state index < -0.39 is 0 Å². The molecule has 0 saturated heterocycles. The van der Waals surface area contributed by atoms with E-state index in [0.717, 1.165) is 22.1 Å². The van der Waals surface area contributed by atoms with Crippen LogP contribution in [-0.4, -0.2) is 30.0 Å². The van der Waals surface area contributed by atoms with Crippen molar-refractivity contribution >= 4 is 23.1 Å². The molecule has 0 spiro atoms. The Kier molecular flexibility index (Phi) is 5.49. The highest BCUT2D eigenvalue weighted by molar-refractivity contribution is 7.09. The van der Waals surface area contributed by atoms with Crippen LogP contribution >= 0.6 is 11.3 Å². The van der Waals surface area contributed by atoms with E-state index in [4.69, 9.17) is 0 Å². The summed E-state index contributed by atoms with van der Waals surface area (Å²) in [6.07, 6.45) is 2.08. The molecule has 2 heterocycles. The zero-order valence-corrected chi connectivity index (χ0v) is 14.3. The molecule has 0 saturated carbocycles. The van der Waals surface area contributed by atoms with E-state index in [9.17, 15) is 4.79 Å². The first kappa shape index (κ1) is 16.4. The Bertz CT molecular complexity index is 637. The molecule has 0 radical (unpaired) electrons. The number of carbonyl (C=O) groups is 1. The highest BCUT2D eigenvalue weighted by Crippen LogP contribution is 2.19. The normalized spacial score (nSPS) is 10.8. The van der Waals surface area contributed by atoms with Crippen molar-refractivity contribution in [3.8, 4) is 0 Å². The average Bonchev–Trinajstić information content (AvgIpc) is 2.94. The van der Waals surface area contributed by atoms with Crippen LogP contribution in [0.5, 0.6) is 0 Å². The molecule has 0 bridgehead atoms. The van der Waals surface area contributed by atoms with Crippen LogP contribution in [0.4, 0.5) is 5.82 Å². The van der Waals surface area contributed by atoms with Gasteiger partial charge in [-0.05, 0) is 17.7 Å². The molecule has 118 valence electrons. The molecule has 2 aromatic rings. The monoisotopic (exact) mass is 318 g/mol. The van der Waals surface area contributed by atoms with Gasteiger partial charge in [0.05, 0.1) is 17.1 Å². The van der Waals surface area contributed by atoms with Crippen LogP contribution in [0.25, 0.3) is 0 Å². The summed E-state index contributed by atoms with van der Waals surface area (Å²) in [6.45, 7) is 4.71. The van der Waals surface area contributed by atoms with Gasteiger partial charge in [0.15, 0.2) is 0 Å². The molecule has 1 N–H and O–H groups in total. The van der Waals surface area contributed by atoms with Crippen molar-refractivity contribution in [3.63, 3.8) is 0 Å². The van der Waals surface area contributed by atoms with Crippen LogP contribution in [0.1, 0.15) is 36.0 Å². The minimum atomic E-state index is -0.0104. The Morgan fingerprint density at radius 2 is 2.18 bits per heavy atom. The summed E-state index contributed by atoms with van der Waals surface area (Å²) in [5, 5.41) is 5.97. The Hall–Kier alpha value is -1.95. The number of anilines is 1. The number of hydrogen-bond acceptors (Lipinski definition) is 5. The van der Waals surface area contributed by atoms with Gasteiger partial charge in [-0.2, -0.15) is 0 Å². The first-order valence-electron chi connectivity index (χ1n) is 7.29. The second kappa shape index (κ2) is 7.35. The number of amides is 1. The Labute approximate surface area is 135 Å². The Morgan fingerprint density at radius 3 is 2.82 bits per heavy atom. The van der Waals surface area contributed by atoms with Crippen molar-refractivity contribution in [2.24, 2.45) is 0 Å². The summed E-state index contributed by atoms with van der Waals surface area (Å²) in [6, 6.07) is 3.88. The van der Waals surface area contributed by atoms with Crippen LogP contribution in [0, 0.1) is 0 Å². The topological polar surface area (TPSA) is 58.1 Å². The number of nitrogens with zero attached hydrogens (tertiary/aromatic N) is 3. The second-order valence-corrected chi connectivity index (χ2v) is 6.59. The molecule has 0 atom stereocenters. The van der Waals surface area contributed by atoms with Crippen molar-refractivity contribution in [1.29, 1.82) is 0 Å². The summed E-state index contributed by atoms with van der Waals surface area (Å²) >= 11 is 1.61. The lowest BCUT2D eigenvalue weighted by atomic mass is 10.2. The predicted octanol–water partition coefficient (Wildman–Crippen LogP) is 2.59. The van der Waals surface area contributed by atoms with Crippen LogP contribution < -0.4 is 10.2 Å². The van der Waals surface area contributed by atoms with Gasteiger partial charge in [-0.25, -0.2) is 9.97 Å². The fourth-order valence-corrected chi connectivity index (χ4v) is 2.75. The third-order valence-electron chi connectivity index (χ3n) is 3.16. The summed E-state index contributed by atoms with van der Waals surface area (Å²) < 4.78 is 0. The molecule has 0 fully saturated rings. The highest BCUT2D eigenvalue weighted by Gasteiger charge is 2.10. The molecule has 2 aromatic heterocycles. The number of nitrogens with one attached hydrogen (secondary N) is 1. The molecule has 22 heavy (non-hydrogen) atoms. The zero-order chi connectivity index (χ0) is 16.1.